The van der Waals surface area contributed by atoms with Crippen LogP contribution in [0.5, 0.6) is 0 Å². The quantitative estimate of drug-likeness (QED) is 0.840. The van der Waals surface area contributed by atoms with Gasteiger partial charge in [0.25, 0.3) is 0 Å². The van der Waals surface area contributed by atoms with Crippen LogP contribution in [0, 0.1) is 0 Å². The number of nitrogen functional groups attached to an aromatic ring is 1. The Bertz CT molecular complexity index is 669. The molecule has 19 heavy (non-hydrogen) atoms. The van der Waals surface area contributed by atoms with E-state index in [2.05, 4.69) is 20.7 Å². The van der Waals surface area contributed by atoms with Gasteiger partial charge in [-0.2, -0.15) is 0 Å². The molecule has 2 aromatic carbocycles. The van der Waals surface area contributed by atoms with Crippen LogP contribution in [0.25, 0.3) is 0 Å². The number of anilines is 1. The Hall–Kier alpha value is -1.37. The molecule has 2 aromatic rings. The van der Waals surface area contributed by atoms with Crippen molar-refractivity contribution in [2.75, 3.05) is 5.73 Å². The highest BCUT2D eigenvalue weighted by atomic mass is 79.9. The minimum Gasteiger partial charge on any atom is -0.399 e. The molecule has 100 valence electrons. The number of hydrogen-bond acceptors (Lipinski definition) is 3. The summed E-state index contributed by atoms with van der Waals surface area (Å²) in [6.45, 7) is 0.240. The maximum atomic E-state index is 12.0. The third-order valence-corrected chi connectivity index (χ3v) is 4.48. The predicted molar refractivity (Wildman–Crippen MR) is 79.0 cm³/mol. The van der Waals surface area contributed by atoms with Crippen LogP contribution in [0.1, 0.15) is 5.56 Å². The van der Waals surface area contributed by atoms with E-state index in [0.717, 1.165) is 10.0 Å². The number of nitrogens with one attached hydrogen (secondary N) is 1. The first-order chi connectivity index (χ1) is 8.97. The molecule has 3 N–H and O–H groups in total. The fourth-order valence-electron chi connectivity index (χ4n) is 1.55. The fourth-order valence-corrected chi connectivity index (χ4v) is 2.88. The molecular formula is C13H13BrN2O2S. The van der Waals surface area contributed by atoms with E-state index in [4.69, 9.17) is 5.73 Å². The van der Waals surface area contributed by atoms with Crippen molar-refractivity contribution in [2.45, 2.75) is 11.4 Å². The average Bonchev–Trinajstić information content (AvgIpc) is 2.38. The lowest BCUT2D eigenvalue weighted by Crippen LogP contribution is -2.23. The molecule has 0 spiro atoms. The summed E-state index contributed by atoms with van der Waals surface area (Å²) in [5, 5.41) is 0. The van der Waals surface area contributed by atoms with Gasteiger partial charge in [-0.05, 0) is 35.9 Å². The van der Waals surface area contributed by atoms with Crippen molar-refractivity contribution >= 4 is 31.6 Å². The summed E-state index contributed by atoms with van der Waals surface area (Å²) >= 11 is 3.33. The van der Waals surface area contributed by atoms with Crippen LogP contribution in [-0.4, -0.2) is 8.42 Å². The second kappa shape index (κ2) is 5.73. The first-order valence-electron chi connectivity index (χ1n) is 5.57. The Morgan fingerprint density at radius 1 is 1.11 bits per heavy atom. The molecule has 0 atom stereocenters. The number of halogens is 1. The third kappa shape index (κ3) is 3.79. The van der Waals surface area contributed by atoms with E-state index in [1.807, 2.05) is 24.3 Å². The molecule has 0 aromatic heterocycles. The van der Waals surface area contributed by atoms with Gasteiger partial charge in [-0.25, -0.2) is 13.1 Å². The summed E-state index contributed by atoms with van der Waals surface area (Å²) in [5.41, 5.74) is 6.89. The highest BCUT2D eigenvalue weighted by molar-refractivity contribution is 9.10. The van der Waals surface area contributed by atoms with Crippen molar-refractivity contribution in [1.29, 1.82) is 0 Å². The zero-order valence-corrected chi connectivity index (χ0v) is 12.4. The van der Waals surface area contributed by atoms with Crippen LogP contribution in [-0.2, 0) is 16.6 Å². The lowest BCUT2D eigenvalue weighted by Gasteiger charge is -2.07. The maximum absolute atomic E-state index is 12.0. The van der Waals surface area contributed by atoms with Crippen LogP contribution in [0.2, 0.25) is 0 Å². The molecule has 4 nitrogen and oxygen atoms in total. The molecule has 6 heteroatoms. The molecule has 0 aliphatic carbocycles. The minimum absolute atomic E-state index is 0.171. The summed E-state index contributed by atoms with van der Waals surface area (Å²) in [6.07, 6.45) is 0. The Morgan fingerprint density at radius 3 is 2.42 bits per heavy atom. The standard InChI is InChI=1S/C13H13BrN2O2S/c14-11-6-4-10(5-7-11)9-16-19(17,18)13-3-1-2-12(15)8-13/h1-8,16H,9,15H2. The second-order valence-corrected chi connectivity index (χ2v) is 6.71. The van der Waals surface area contributed by atoms with Crippen molar-refractivity contribution < 1.29 is 8.42 Å². The largest absolute Gasteiger partial charge is 0.399 e. The minimum atomic E-state index is -3.53. The van der Waals surface area contributed by atoms with Crippen molar-refractivity contribution in [3.63, 3.8) is 0 Å². The first kappa shape index (κ1) is 14.0. The molecule has 0 amide bonds. The number of nitrogens with two attached hydrogens (primary N) is 1. The normalized spacial score (nSPS) is 11.4. The van der Waals surface area contributed by atoms with Gasteiger partial charge in [-0.15, -0.1) is 0 Å². The number of hydrogen-bond donors (Lipinski definition) is 2. The van der Waals surface area contributed by atoms with E-state index in [0.29, 0.717) is 5.69 Å². The van der Waals surface area contributed by atoms with Gasteiger partial charge in [-0.3, -0.25) is 0 Å². The van der Waals surface area contributed by atoms with Gasteiger partial charge in [-0.1, -0.05) is 34.1 Å². The van der Waals surface area contributed by atoms with E-state index in [1.165, 1.54) is 12.1 Å². The zero-order valence-electron chi connectivity index (χ0n) is 10.0. The van der Waals surface area contributed by atoms with Crippen LogP contribution in [0.15, 0.2) is 57.9 Å². The smallest absolute Gasteiger partial charge is 0.240 e. The lowest BCUT2D eigenvalue weighted by atomic mass is 10.2. The van der Waals surface area contributed by atoms with Crippen molar-refractivity contribution in [3.05, 3.63) is 58.6 Å². The van der Waals surface area contributed by atoms with Crippen LogP contribution >= 0.6 is 15.9 Å². The van der Waals surface area contributed by atoms with Gasteiger partial charge in [0.2, 0.25) is 10.0 Å². The van der Waals surface area contributed by atoms with Crippen LogP contribution in [0.3, 0.4) is 0 Å². The van der Waals surface area contributed by atoms with Crippen LogP contribution in [0.4, 0.5) is 5.69 Å². The number of benzene rings is 2. The second-order valence-electron chi connectivity index (χ2n) is 4.02. The molecule has 0 unspecified atom stereocenters. The monoisotopic (exact) mass is 340 g/mol. The van der Waals surface area contributed by atoms with E-state index in [9.17, 15) is 8.42 Å². The van der Waals surface area contributed by atoms with Gasteiger partial charge in [0.15, 0.2) is 0 Å². The van der Waals surface area contributed by atoms with E-state index in [1.54, 1.807) is 12.1 Å². The summed E-state index contributed by atoms with van der Waals surface area (Å²) in [4.78, 5) is 0.171. The molecule has 0 aliphatic heterocycles. The highest BCUT2D eigenvalue weighted by Crippen LogP contribution is 2.14. The molecule has 0 aliphatic rings. The van der Waals surface area contributed by atoms with Gasteiger partial charge >= 0.3 is 0 Å². The Balaban J connectivity index is 2.12. The average molecular weight is 341 g/mol. The molecule has 0 heterocycles. The zero-order chi connectivity index (χ0) is 13.9. The summed E-state index contributed by atoms with van der Waals surface area (Å²) in [6, 6.07) is 13.6. The van der Waals surface area contributed by atoms with E-state index in [-0.39, 0.29) is 11.4 Å². The van der Waals surface area contributed by atoms with Crippen LogP contribution < -0.4 is 10.5 Å². The Labute approximate surface area is 120 Å². The lowest BCUT2D eigenvalue weighted by molar-refractivity contribution is 0.581. The highest BCUT2D eigenvalue weighted by Gasteiger charge is 2.13. The predicted octanol–water partition coefficient (Wildman–Crippen LogP) is 2.51. The molecule has 0 saturated carbocycles. The summed E-state index contributed by atoms with van der Waals surface area (Å²) < 4.78 is 27.6. The molecular weight excluding hydrogens is 328 g/mol. The Kier molecular flexibility index (Phi) is 4.24. The third-order valence-electron chi connectivity index (χ3n) is 2.55. The molecule has 0 fully saturated rings. The van der Waals surface area contributed by atoms with Gasteiger partial charge < -0.3 is 5.73 Å². The molecule has 0 saturated heterocycles. The topological polar surface area (TPSA) is 72.2 Å². The van der Waals surface area contributed by atoms with E-state index >= 15 is 0 Å². The van der Waals surface area contributed by atoms with Gasteiger partial charge in [0, 0.05) is 16.7 Å². The maximum Gasteiger partial charge on any atom is 0.240 e. The fraction of sp³-hybridized carbons (Fsp3) is 0.0769. The summed E-state index contributed by atoms with van der Waals surface area (Å²) in [5.74, 6) is 0. The molecule has 2 rings (SSSR count). The first-order valence-corrected chi connectivity index (χ1v) is 7.85. The van der Waals surface area contributed by atoms with Crippen molar-refractivity contribution in [2.24, 2.45) is 0 Å². The molecule has 0 radical (unpaired) electrons. The Morgan fingerprint density at radius 2 is 1.79 bits per heavy atom. The van der Waals surface area contributed by atoms with Crippen molar-refractivity contribution in [1.82, 2.24) is 4.72 Å². The van der Waals surface area contributed by atoms with E-state index < -0.39 is 10.0 Å². The van der Waals surface area contributed by atoms with Gasteiger partial charge in [0.1, 0.15) is 0 Å². The SMILES string of the molecule is Nc1cccc(S(=O)(=O)NCc2ccc(Br)cc2)c1. The van der Waals surface area contributed by atoms with Crippen molar-refractivity contribution in [3.8, 4) is 0 Å². The number of sulfonamides is 1. The molecule has 0 bridgehead atoms. The number of rotatable bonds is 4. The summed E-state index contributed by atoms with van der Waals surface area (Å²) in [7, 11) is -3.53. The van der Waals surface area contributed by atoms with Gasteiger partial charge in [0.05, 0.1) is 4.90 Å².